The highest BCUT2D eigenvalue weighted by atomic mass is 32.2. The molecule has 0 saturated carbocycles. The number of rotatable bonds is 7. The van der Waals surface area contributed by atoms with Gasteiger partial charge in [0.15, 0.2) is 0 Å². The van der Waals surface area contributed by atoms with E-state index in [9.17, 15) is 9.59 Å². The maximum atomic E-state index is 13.0. The van der Waals surface area contributed by atoms with Crippen LogP contribution in [0.15, 0.2) is 41.9 Å². The normalized spacial score (nSPS) is 19.4. The zero-order valence-electron chi connectivity index (χ0n) is 15.6. The first kappa shape index (κ1) is 19.9. The van der Waals surface area contributed by atoms with Gasteiger partial charge < -0.3 is 10.2 Å². The summed E-state index contributed by atoms with van der Waals surface area (Å²) in [6, 6.07) is 9.05. The zero-order valence-corrected chi connectivity index (χ0v) is 17.3. The Morgan fingerprint density at radius 1 is 1.30 bits per heavy atom. The topological polar surface area (TPSA) is 62.3 Å². The van der Waals surface area contributed by atoms with Gasteiger partial charge in [0, 0.05) is 30.6 Å². The highest BCUT2D eigenvalue weighted by Gasteiger charge is 2.42. The molecule has 2 unspecified atom stereocenters. The molecule has 1 aliphatic heterocycles. The number of thiophene rings is 1. The molecule has 2 aromatic heterocycles. The standard InChI is InChI=1S/C20H25N3O2S2/c1-14(2)12-18-23(20(25)17-7-5-11-26-17)16(13-27-18)19(24)22-10-8-15-6-3-4-9-21-15/h3-7,9,11,14,16,18H,8,10,12-13H2,1-2H3,(H,22,24). The van der Waals surface area contributed by atoms with Crippen molar-refractivity contribution < 1.29 is 9.59 Å². The highest BCUT2D eigenvalue weighted by Crippen LogP contribution is 2.35. The van der Waals surface area contributed by atoms with Gasteiger partial charge in [-0.1, -0.05) is 26.0 Å². The quantitative estimate of drug-likeness (QED) is 0.769. The smallest absolute Gasteiger partial charge is 0.265 e. The first-order valence-corrected chi connectivity index (χ1v) is 11.1. The number of thioether (sulfide) groups is 1. The lowest BCUT2D eigenvalue weighted by Gasteiger charge is -2.29. The Kier molecular flexibility index (Phi) is 6.90. The van der Waals surface area contributed by atoms with E-state index >= 15 is 0 Å². The van der Waals surface area contributed by atoms with Crippen LogP contribution in [0.3, 0.4) is 0 Å². The maximum absolute atomic E-state index is 13.0. The van der Waals surface area contributed by atoms with E-state index in [1.54, 1.807) is 22.9 Å². The van der Waals surface area contributed by atoms with Gasteiger partial charge in [0.05, 0.1) is 10.3 Å². The Bertz CT molecular complexity index is 750. The lowest BCUT2D eigenvalue weighted by molar-refractivity contribution is -0.124. The largest absolute Gasteiger partial charge is 0.354 e. The van der Waals surface area contributed by atoms with Gasteiger partial charge in [-0.15, -0.1) is 23.1 Å². The predicted molar refractivity (Wildman–Crippen MR) is 111 cm³/mol. The molecule has 0 radical (unpaired) electrons. The minimum absolute atomic E-state index is 0.0365. The number of nitrogens with zero attached hydrogens (tertiary/aromatic N) is 2. The van der Waals surface area contributed by atoms with Crippen molar-refractivity contribution in [3.63, 3.8) is 0 Å². The number of hydrogen-bond acceptors (Lipinski definition) is 5. The van der Waals surface area contributed by atoms with Gasteiger partial charge in [0.25, 0.3) is 5.91 Å². The molecule has 0 aromatic carbocycles. The molecule has 2 amide bonds. The lowest BCUT2D eigenvalue weighted by atomic mass is 10.1. The molecule has 3 heterocycles. The first-order chi connectivity index (χ1) is 13.1. The Morgan fingerprint density at radius 2 is 2.15 bits per heavy atom. The number of pyridine rings is 1. The Hall–Kier alpha value is -1.86. The molecule has 2 aromatic rings. The van der Waals surface area contributed by atoms with Gasteiger partial charge in [-0.25, -0.2) is 0 Å². The molecular formula is C20H25N3O2S2. The summed E-state index contributed by atoms with van der Waals surface area (Å²) in [6.07, 6.45) is 3.32. The van der Waals surface area contributed by atoms with Crippen LogP contribution in [0.1, 0.15) is 35.6 Å². The van der Waals surface area contributed by atoms with Gasteiger partial charge in [0.1, 0.15) is 6.04 Å². The summed E-state index contributed by atoms with van der Waals surface area (Å²) in [6.45, 7) is 4.82. The van der Waals surface area contributed by atoms with E-state index in [4.69, 9.17) is 0 Å². The van der Waals surface area contributed by atoms with Crippen LogP contribution in [-0.2, 0) is 11.2 Å². The molecular weight excluding hydrogens is 378 g/mol. The van der Waals surface area contributed by atoms with E-state index < -0.39 is 6.04 Å². The summed E-state index contributed by atoms with van der Waals surface area (Å²) in [5.41, 5.74) is 0.947. The van der Waals surface area contributed by atoms with Crippen molar-refractivity contribution in [1.29, 1.82) is 0 Å². The molecule has 1 N–H and O–H groups in total. The monoisotopic (exact) mass is 403 g/mol. The second-order valence-electron chi connectivity index (χ2n) is 6.99. The van der Waals surface area contributed by atoms with Crippen LogP contribution in [-0.4, -0.2) is 45.4 Å². The summed E-state index contributed by atoms with van der Waals surface area (Å²) in [7, 11) is 0. The number of nitrogens with one attached hydrogen (secondary N) is 1. The Labute approximate surface area is 168 Å². The number of hydrogen-bond donors (Lipinski definition) is 1. The van der Waals surface area contributed by atoms with E-state index in [0.717, 1.165) is 12.1 Å². The molecule has 0 spiro atoms. The van der Waals surface area contributed by atoms with E-state index in [1.165, 1.54) is 11.3 Å². The van der Waals surface area contributed by atoms with Crippen LogP contribution in [0.25, 0.3) is 0 Å². The Morgan fingerprint density at radius 3 is 2.81 bits per heavy atom. The summed E-state index contributed by atoms with van der Waals surface area (Å²) in [4.78, 5) is 32.6. The third-order valence-corrected chi connectivity index (χ3v) is 6.61. The summed E-state index contributed by atoms with van der Waals surface area (Å²) < 4.78 is 0. The van der Waals surface area contributed by atoms with Gasteiger partial charge in [-0.3, -0.25) is 14.6 Å². The van der Waals surface area contributed by atoms with Gasteiger partial charge in [-0.2, -0.15) is 0 Å². The van der Waals surface area contributed by atoms with Crippen molar-refractivity contribution in [1.82, 2.24) is 15.2 Å². The second kappa shape index (κ2) is 9.37. The molecule has 1 fully saturated rings. The second-order valence-corrected chi connectivity index (χ2v) is 9.14. The maximum Gasteiger partial charge on any atom is 0.265 e. The molecule has 5 nitrogen and oxygen atoms in total. The zero-order chi connectivity index (χ0) is 19.2. The number of carbonyl (C=O) groups is 2. The van der Waals surface area contributed by atoms with E-state index in [0.29, 0.717) is 29.5 Å². The molecule has 1 saturated heterocycles. The number of carbonyl (C=O) groups excluding carboxylic acids is 2. The fraction of sp³-hybridized carbons (Fsp3) is 0.450. The predicted octanol–water partition coefficient (Wildman–Crippen LogP) is 3.43. The van der Waals surface area contributed by atoms with Gasteiger partial charge in [0.2, 0.25) is 5.91 Å². The number of amides is 2. The highest BCUT2D eigenvalue weighted by molar-refractivity contribution is 8.00. The minimum Gasteiger partial charge on any atom is -0.354 e. The average molecular weight is 404 g/mol. The summed E-state index contributed by atoms with van der Waals surface area (Å²) >= 11 is 3.13. The SMILES string of the molecule is CC(C)CC1SCC(C(=O)NCCc2ccccn2)N1C(=O)c1cccs1. The third kappa shape index (κ3) is 5.11. The fourth-order valence-electron chi connectivity index (χ4n) is 3.13. The van der Waals surface area contributed by atoms with Crippen molar-refractivity contribution in [2.75, 3.05) is 12.3 Å². The van der Waals surface area contributed by atoms with Crippen molar-refractivity contribution in [2.45, 2.75) is 38.1 Å². The Balaban J connectivity index is 1.66. The van der Waals surface area contributed by atoms with Crippen molar-refractivity contribution in [3.05, 3.63) is 52.5 Å². The van der Waals surface area contributed by atoms with E-state index in [1.807, 2.05) is 35.7 Å². The van der Waals surface area contributed by atoms with E-state index in [2.05, 4.69) is 24.1 Å². The van der Waals surface area contributed by atoms with Crippen LogP contribution >= 0.6 is 23.1 Å². The van der Waals surface area contributed by atoms with Crippen LogP contribution < -0.4 is 5.32 Å². The summed E-state index contributed by atoms with van der Waals surface area (Å²) in [5.74, 6) is 0.997. The lowest BCUT2D eigenvalue weighted by Crippen LogP contribution is -2.50. The van der Waals surface area contributed by atoms with Crippen molar-refractivity contribution in [2.24, 2.45) is 5.92 Å². The molecule has 7 heteroatoms. The molecule has 0 aliphatic carbocycles. The number of aromatic nitrogens is 1. The van der Waals surface area contributed by atoms with Crippen molar-refractivity contribution in [3.8, 4) is 0 Å². The molecule has 1 aliphatic rings. The molecule has 3 rings (SSSR count). The van der Waals surface area contributed by atoms with Crippen LogP contribution in [0, 0.1) is 5.92 Å². The minimum atomic E-state index is -0.419. The van der Waals surface area contributed by atoms with Crippen LogP contribution in [0.5, 0.6) is 0 Å². The fourth-order valence-corrected chi connectivity index (χ4v) is 5.44. The van der Waals surface area contributed by atoms with Gasteiger partial charge >= 0.3 is 0 Å². The third-order valence-electron chi connectivity index (χ3n) is 4.44. The summed E-state index contributed by atoms with van der Waals surface area (Å²) in [5, 5.41) is 4.94. The van der Waals surface area contributed by atoms with Crippen molar-refractivity contribution >= 4 is 34.9 Å². The molecule has 2 atom stereocenters. The molecule has 144 valence electrons. The first-order valence-electron chi connectivity index (χ1n) is 9.21. The van der Waals surface area contributed by atoms with E-state index in [-0.39, 0.29) is 17.2 Å². The van der Waals surface area contributed by atoms with Crippen LogP contribution in [0.4, 0.5) is 0 Å². The molecule has 27 heavy (non-hydrogen) atoms. The van der Waals surface area contributed by atoms with Gasteiger partial charge in [-0.05, 0) is 35.9 Å². The van der Waals surface area contributed by atoms with Crippen LogP contribution in [0.2, 0.25) is 0 Å². The average Bonchev–Trinajstić information content (AvgIpc) is 3.31. The molecule has 0 bridgehead atoms.